The van der Waals surface area contributed by atoms with Crippen LogP contribution in [-0.2, 0) is 0 Å². The number of methoxy groups -OCH3 is 2. The molecule has 0 spiro atoms. The van der Waals surface area contributed by atoms with Crippen LogP contribution >= 0.6 is 0 Å². The van der Waals surface area contributed by atoms with Gasteiger partial charge in [0.1, 0.15) is 5.69 Å². The molecule has 2 aromatic carbocycles. The summed E-state index contributed by atoms with van der Waals surface area (Å²) in [7, 11) is 3.18. The van der Waals surface area contributed by atoms with Crippen molar-refractivity contribution in [3.8, 4) is 45.7 Å². The van der Waals surface area contributed by atoms with Crippen LogP contribution in [0.1, 0.15) is 5.56 Å². The topological polar surface area (TPSA) is 86.1 Å². The third-order valence-corrected chi connectivity index (χ3v) is 4.30. The number of nitrogens with one attached hydrogen (secondary N) is 1. The van der Waals surface area contributed by atoms with Crippen molar-refractivity contribution >= 4 is 0 Å². The molecule has 0 bridgehead atoms. The lowest BCUT2D eigenvalue weighted by molar-refractivity contribution is 0.355. The summed E-state index contributed by atoms with van der Waals surface area (Å²) < 4.78 is 16.0. The molecule has 0 atom stereocenters. The maximum atomic E-state index is 5.41. The van der Waals surface area contributed by atoms with E-state index in [1.165, 1.54) is 0 Å². The Bertz CT molecular complexity index is 1080. The zero-order valence-corrected chi connectivity index (χ0v) is 15.2. The quantitative estimate of drug-likeness (QED) is 0.575. The SMILES string of the molecule is COc1ccc(-c2noc(-c3cc(-c4ccccc4C)n[nH]3)n2)cc1OC. The van der Waals surface area contributed by atoms with Crippen molar-refractivity contribution < 1.29 is 14.0 Å². The first-order valence-corrected chi connectivity index (χ1v) is 8.37. The van der Waals surface area contributed by atoms with Gasteiger partial charge in [0.25, 0.3) is 5.89 Å². The number of hydrogen-bond acceptors (Lipinski definition) is 6. The summed E-state index contributed by atoms with van der Waals surface area (Å²) in [4.78, 5) is 4.47. The largest absolute Gasteiger partial charge is 0.493 e. The normalized spacial score (nSPS) is 10.8. The summed E-state index contributed by atoms with van der Waals surface area (Å²) in [5.74, 6) is 2.07. The van der Waals surface area contributed by atoms with Crippen molar-refractivity contribution in [2.75, 3.05) is 14.2 Å². The number of H-pyrrole nitrogens is 1. The van der Waals surface area contributed by atoms with Crippen LogP contribution in [0, 0.1) is 6.92 Å². The molecular formula is C20H18N4O3. The predicted octanol–water partition coefficient (Wildman–Crippen LogP) is 4.12. The van der Waals surface area contributed by atoms with E-state index in [4.69, 9.17) is 14.0 Å². The molecule has 4 rings (SSSR count). The Morgan fingerprint density at radius 3 is 2.56 bits per heavy atom. The molecule has 1 N–H and O–H groups in total. The third-order valence-electron chi connectivity index (χ3n) is 4.30. The van der Waals surface area contributed by atoms with E-state index < -0.39 is 0 Å². The lowest BCUT2D eigenvalue weighted by Crippen LogP contribution is -1.91. The summed E-state index contributed by atoms with van der Waals surface area (Å²) >= 11 is 0. The molecule has 0 amide bonds. The predicted molar refractivity (Wildman–Crippen MR) is 101 cm³/mol. The fourth-order valence-electron chi connectivity index (χ4n) is 2.85. The van der Waals surface area contributed by atoms with Gasteiger partial charge < -0.3 is 14.0 Å². The van der Waals surface area contributed by atoms with Crippen LogP contribution in [0.25, 0.3) is 34.2 Å². The highest BCUT2D eigenvalue weighted by Crippen LogP contribution is 2.32. The highest BCUT2D eigenvalue weighted by Gasteiger charge is 2.16. The van der Waals surface area contributed by atoms with Crippen LogP contribution in [0.2, 0.25) is 0 Å². The Morgan fingerprint density at radius 2 is 1.78 bits per heavy atom. The van der Waals surface area contributed by atoms with Gasteiger partial charge in [-0.25, -0.2) is 0 Å². The molecule has 0 saturated carbocycles. The van der Waals surface area contributed by atoms with Gasteiger partial charge >= 0.3 is 0 Å². The summed E-state index contributed by atoms with van der Waals surface area (Å²) in [5.41, 5.74) is 4.45. The van der Waals surface area contributed by atoms with E-state index in [-0.39, 0.29) is 0 Å². The summed E-state index contributed by atoms with van der Waals surface area (Å²) in [6, 6.07) is 15.4. The van der Waals surface area contributed by atoms with E-state index in [1.54, 1.807) is 26.4 Å². The van der Waals surface area contributed by atoms with Gasteiger partial charge in [0.05, 0.1) is 19.9 Å². The third kappa shape index (κ3) is 3.15. The van der Waals surface area contributed by atoms with Gasteiger partial charge in [0.2, 0.25) is 5.82 Å². The second-order valence-electron chi connectivity index (χ2n) is 5.97. The Labute approximate surface area is 156 Å². The van der Waals surface area contributed by atoms with Crippen molar-refractivity contribution in [2.24, 2.45) is 0 Å². The molecule has 27 heavy (non-hydrogen) atoms. The fraction of sp³-hybridized carbons (Fsp3) is 0.150. The lowest BCUT2D eigenvalue weighted by atomic mass is 10.1. The Hall–Kier alpha value is -3.61. The Kier molecular flexibility index (Phi) is 4.33. The maximum absolute atomic E-state index is 5.41. The van der Waals surface area contributed by atoms with Gasteiger partial charge in [-0.2, -0.15) is 10.1 Å². The van der Waals surface area contributed by atoms with Gasteiger partial charge in [0.15, 0.2) is 11.5 Å². The Morgan fingerprint density at radius 1 is 0.963 bits per heavy atom. The molecule has 0 saturated heterocycles. The molecule has 2 aromatic heterocycles. The fourth-order valence-corrected chi connectivity index (χ4v) is 2.85. The molecule has 0 unspecified atom stereocenters. The molecule has 2 heterocycles. The van der Waals surface area contributed by atoms with Crippen LogP contribution in [0.5, 0.6) is 11.5 Å². The minimum atomic E-state index is 0.368. The summed E-state index contributed by atoms with van der Waals surface area (Å²) in [5, 5.41) is 11.4. The number of aromatic nitrogens is 4. The van der Waals surface area contributed by atoms with E-state index in [0.717, 1.165) is 22.4 Å². The standard InChI is InChI=1S/C20H18N4O3/c1-12-6-4-5-7-14(12)15-11-16(23-22-15)20-21-19(24-27-20)13-8-9-17(25-2)18(10-13)26-3/h4-11H,1-3H3,(H,22,23). The number of nitrogens with zero attached hydrogens (tertiary/aromatic N) is 3. The van der Waals surface area contributed by atoms with E-state index in [1.807, 2.05) is 43.3 Å². The van der Waals surface area contributed by atoms with Crippen LogP contribution in [-0.4, -0.2) is 34.6 Å². The molecule has 0 aliphatic heterocycles. The lowest BCUT2D eigenvalue weighted by Gasteiger charge is -2.07. The number of hydrogen-bond donors (Lipinski definition) is 1. The average Bonchev–Trinajstić information content (AvgIpc) is 3.37. The van der Waals surface area contributed by atoms with Crippen LogP contribution in [0.4, 0.5) is 0 Å². The first kappa shape index (κ1) is 16.8. The Balaban J connectivity index is 1.65. The summed E-state index contributed by atoms with van der Waals surface area (Å²) in [6.07, 6.45) is 0. The molecule has 0 radical (unpaired) electrons. The number of rotatable bonds is 5. The van der Waals surface area contributed by atoms with Gasteiger partial charge in [0, 0.05) is 11.1 Å². The minimum absolute atomic E-state index is 0.368. The molecule has 136 valence electrons. The van der Waals surface area contributed by atoms with Gasteiger partial charge in [-0.15, -0.1) is 0 Å². The number of benzene rings is 2. The number of aromatic amines is 1. The zero-order valence-electron chi connectivity index (χ0n) is 15.2. The highest BCUT2D eigenvalue weighted by atomic mass is 16.5. The van der Waals surface area contributed by atoms with Gasteiger partial charge in [-0.1, -0.05) is 29.4 Å². The molecule has 4 aromatic rings. The van der Waals surface area contributed by atoms with E-state index >= 15 is 0 Å². The maximum Gasteiger partial charge on any atom is 0.276 e. The van der Waals surface area contributed by atoms with Gasteiger partial charge in [-0.3, -0.25) is 5.10 Å². The van der Waals surface area contributed by atoms with E-state index in [9.17, 15) is 0 Å². The monoisotopic (exact) mass is 362 g/mol. The smallest absolute Gasteiger partial charge is 0.276 e. The van der Waals surface area contributed by atoms with Crippen molar-refractivity contribution in [3.63, 3.8) is 0 Å². The highest BCUT2D eigenvalue weighted by molar-refractivity contribution is 5.68. The van der Waals surface area contributed by atoms with Crippen molar-refractivity contribution in [1.29, 1.82) is 0 Å². The first-order chi connectivity index (χ1) is 13.2. The zero-order chi connectivity index (χ0) is 18.8. The molecule has 7 heteroatoms. The van der Waals surface area contributed by atoms with Crippen LogP contribution in [0.3, 0.4) is 0 Å². The van der Waals surface area contributed by atoms with E-state index in [0.29, 0.717) is 28.9 Å². The number of ether oxygens (including phenoxy) is 2. The second-order valence-corrected chi connectivity index (χ2v) is 5.97. The van der Waals surface area contributed by atoms with Crippen molar-refractivity contribution in [3.05, 3.63) is 54.1 Å². The minimum Gasteiger partial charge on any atom is -0.493 e. The van der Waals surface area contributed by atoms with Gasteiger partial charge in [-0.05, 0) is 36.8 Å². The molecular weight excluding hydrogens is 344 g/mol. The van der Waals surface area contributed by atoms with Crippen LogP contribution in [0.15, 0.2) is 53.1 Å². The molecule has 7 nitrogen and oxygen atoms in total. The number of aryl methyl sites for hydroxylation is 1. The molecule has 0 aliphatic rings. The molecule has 0 aliphatic carbocycles. The first-order valence-electron chi connectivity index (χ1n) is 8.37. The second kappa shape index (κ2) is 6.95. The van der Waals surface area contributed by atoms with Crippen molar-refractivity contribution in [1.82, 2.24) is 20.3 Å². The molecule has 0 fully saturated rings. The summed E-state index contributed by atoms with van der Waals surface area (Å²) in [6.45, 7) is 2.05. The van der Waals surface area contributed by atoms with Crippen LogP contribution < -0.4 is 9.47 Å². The average molecular weight is 362 g/mol. The van der Waals surface area contributed by atoms with E-state index in [2.05, 4.69) is 20.3 Å². The van der Waals surface area contributed by atoms with Crippen molar-refractivity contribution in [2.45, 2.75) is 6.92 Å².